The maximum atomic E-state index is 12.2. The van der Waals surface area contributed by atoms with E-state index < -0.39 is 51.6 Å². The average molecular weight is 558 g/mol. The van der Waals surface area contributed by atoms with Gasteiger partial charge in [-0.15, -0.1) is 0 Å². The number of benzene rings is 1. The molecule has 3 unspecified atom stereocenters. The van der Waals surface area contributed by atoms with E-state index in [1.54, 1.807) is 4.57 Å². The third kappa shape index (κ3) is 4.87. The van der Waals surface area contributed by atoms with Crippen molar-refractivity contribution in [1.82, 2.24) is 24.1 Å². The van der Waals surface area contributed by atoms with E-state index in [4.69, 9.17) is 26.1 Å². The number of aromatic nitrogens is 5. The lowest BCUT2D eigenvalue weighted by Crippen LogP contribution is -2.32. The van der Waals surface area contributed by atoms with Crippen molar-refractivity contribution in [2.45, 2.75) is 31.0 Å². The van der Waals surface area contributed by atoms with Crippen LogP contribution in [0.1, 0.15) is 12.6 Å². The molecule has 13 nitrogen and oxygen atoms in total. The van der Waals surface area contributed by atoms with Crippen LogP contribution in [0.25, 0.3) is 27.9 Å². The predicted octanol–water partition coefficient (Wildman–Crippen LogP) is 1.84. The third-order valence-electron chi connectivity index (χ3n) is 5.98. The summed E-state index contributed by atoms with van der Waals surface area (Å²) < 4.78 is 32.2. The number of hydrogen-bond acceptors (Lipinski definition) is 8. The van der Waals surface area contributed by atoms with Gasteiger partial charge in [0.15, 0.2) is 23.2 Å². The number of aliphatic hydroxyl groups is 2. The lowest BCUT2D eigenvalue weighted by molar-refractivity contribution is -0.0354. The molecule has 3 aromatic heterocycles. The number of hydrogen-bond donors (Lipinski definition) is 5. The molecule has 5 rings (SSSR count). The zero-order chi connectivity index (χ0) is 25.8. The second-order valence-corrected chi connectivity index (χ2v) is 13.5. The van der Waals surface area contributed by atoms with Crippen LogP contribution in [0.4, 0.5) is 0 Å². The molecule has 16 heteroatoms. The Hall–Kier alpha value is -2.18. The molecular formula is C20H22ClN5O8P2. The van der Waals surface area contributed by atoms with E-state index in [2.05, 4.69) is 15.0 Å². The first-order chi connectivity index (χ1) is 16.9. The molecule has 1 saturated heterocycles. The van der Waals surface area contributed by atoms with Crippen LogP contribution in [0.5, 0.6) is 0 Å². The summed E-state index contributed by atoms with van der Waals surface area (Å²) in [5, 5.41) is 22.1. The van der Waals surface area contributed by atoms with Crippen LogP contribution in [0, 0.1) is 0 Å². The number of nitrogens with zero attached hydrogens (tertiary/aromatic N) is 5. The Kier molecular flexibility index (Phi) is 6.57. The summed E-state index contributed by atoms with van der Waals surface area (Å²) in [5.74, 6) is -0.777. The summed E-state index contributed by atoms with van der Waals surface area (Å²) in [4.78, 5) is 40.9. The first-order valence-corrected chi connectivity index (χ1v) is 15.0. The molecule has 1 aromatic carbocycles. The molecule has 4 heterocycles. The fraction of sp³-hybridized carbons (Fsp3) is 0.350. The quantitative estimate of drug-likeness (QED) is 0.164. The lowest BCUT2D eigenvalue weighted by atomic mass is 10.1. The highest BCUT2D eigenvalue weighted by Gasteiger charge is 2.45. The van der Waals surface area contributed by atoms with Gasteiger partial charge in [-0.25, -0.2) is 4.98 Å². The lowest BCUT2D eigenvalue weighted by Gasteiger charge is -2.18. The fourth-order valence-corrected chi connectivity index (χ4v) is 8.07. The summed E-state index contributed by atoms with van der Waals surface area (Å²) in [6.07, 6.45) is -2.68. The van der Waals surface area contributed by atoms with Gasteiger partial charge in [-0.1, -0.05) is 18.2 Å². The molecule has 192 valence electrons. The maximum absolute atomic E-state index is 12.2. The molecule has 36 heavy (non-hydrogen) atoms. The summed E-state index contributed by atoms with van der Waals surface area (Å²) in [6.45, 7) is 0. The number of imidazole rings is 1. The predicted molar refractivity (Wildman–Crippen MR) is 129 cm³/mol. The standard InChI is InChI=1S/C20H22ClN5O8P2/c21-20-23-17(25-7-5-11-3-1-2-4-12(11)25)14-18(24-20)26(9-22-14)19-16(28)15(27)13(34-19)6-8-35(29,30)10-36(31,32)33/h1-5,7,9,13,15-16,19,27-28H,6,8,10H2,(H,29,30)(H2,31,32,33)/t13-,15?,16?,19-/m1/s1. The molecule has 5 N–H and O–H groups in total. The van der Waals surface area contributed by atoms with Crippen LogP contribution in [0.2, 0.25) is 5.28 Å². The van der Waals surface area contributed by atoms with Gasteiger partial charge < -0.3 is 29.6 Å². The Balaban J connectivity index is 1.45. The first-order valence-electron chi connectivity index (χ1n) is 10.8. The van der Waals surface area contributed by atoms with Crippen LogP contribution in [0.3, 0.4) is 0 Å². The van der Waals surface area contributed by atoms with Gasteiger partial charge in [0.05, 0.1) is 17.9 Å². The van der Waals surface area contributed by atoms with Gasteiger partial charge in [0.2, 0.25) is 12.7 Å². The van der Waals surface area contributed by atoms with Gasteiger partial charge in [0.1, 0.15) is 18.1 Å². The number of fused-ring (bicyclic) bond motifs is 2. The van der Waals surface area contributed by atoms with Crippen molar-refractivity contribution in [1.29, 1.82) is 0 Å². The Morgan fingerprint density at radius 3 is 2.56 bits per heavy atom. The Labute approximate surface area is 208 Å². The van der Waals surface area contributed by atoms with E-state index in [-0.39, 0.29) is 17.4 Å². The highest BCUT2D eigenvalue weighted by Crippen LogP contribution is 2.55. The van der Waals surface area contributed by atoms with E-state index in [0.717, 1.165) is 10.9 Å². The van der Waals surface area contributed by atoms with Gasteiger partial charge >= 0.3 is 7.60 Å². The van der Waals surface area contributed by atoms with E-state index in [0.29, 0.717) is 11.3 Å². The molecule has 0 amide bonds. The number of para-hydroxylation sites is 1. The van der Waals surface area contributed by atoms with Gasteiger partial charge in [0, 0.05) is 12.4 Å². The second-order valence-electron chi connectivity index (χ2n) is 8.60. The number of aliphatic hydroxyl groups excluding tert-OH is 2. The van der Waals surface area contributed by atoms with Crippen molar-refractivity contribution in [2.24, 2.45) is 0 Å². The summed E-state index contributed by atoms with van der Waals surface area (Å²) in [5.41, 5.74) is 1.45. The smallest absolute Gasteiger partial charge is 0.335 e. The molecule has 5 atom stereocenters. The molecule has 4 aromatic rings. The van der Waals surface area contributed by atoms with Gasteiger partial charge in [0.25, 0.3) is 0 Å². The SMILES string of the molecule is O=P(O)(O)CP(=O)(O)CC[C@H]1O[C@@H](n2cnc3c(-n4ccc5ccccc54)nc(Cl)nc32)C(O)C1O. The zero-order valence-corrected chi connectivity index (χ0v) is 21.0. The van der Waals surface area contributed by atoms with Gasteiger partial charge in [-0.2, -0.15) is 9.97 Å². The first kappa shape index (κ1) is 25.5. The monoisotopic (exact) mass is 557 g/mol. The topological polar surface area (TPSA) is 193 Å². The molecular weight excluding hydrogens is 536 g/mol. The minimum atomic E-state index is -4.71. The summed E-state index contributed by atoms with van der Waals surface area (Å²) in [6, 6.07) is 9.55. The Morgan fingerprint density at radius 2 is 1.81 bits per heavy atom. The average Bonchev–Trinajstić information content (AvgIpc) is 3.47. The highest BCUT2D eigenvalue weighted by molar-refractivity contribution is 7.72. The molecule has 0 aliphatic carbocycles. The van der Waals surface area contributed by atoms with E-state index in [1.807, 2.05) is 36.5 Å². The van der Waals surface area contributed by atoms with Crippen LogP contribution in [-0.4, -0.2) is 79.4 Å². The van der Waals surface area contributed by atoms with Crippen molar-refractivity contribution >= 4 is 48.6 Å². The molecule has 1 fully saturated rings. The Morgan fingerprint density at radius 1 is 1.06 bits per heavy atom. The van der Waals surface area contributed by atoms with Gasteiger partial charge in [-0.3, -0.25) is 18.3 Å². The van der Waals surface area contributed by atoms with Crippen LogP contribution < -0.4 is 0 Å². The van der Waals surface area contributed by atoms with E-state index in [9.17, 15) is 24.2 Å². The highest BCUT2D eigenvalue weighted by atomic mass is 35.5. The van der Waals surface area contributed by atoms with Crippen molar-refractivity contribution in [3.8, 4) is 5.82 Å². The van der Waals surface area contributed by atoms with Crippen molar-refractivity contribution < 1.29 is 38.8 Å². The van der Waals surface area contributed by atoms with E-state index >= 15 is 0 Å². The van der Waals surface area contributed by atoms with Crippen molar-refractivity contribution in [3.05, 3.63) is 48.1 Å². The van der Waals surface area contributed by atoms with Crippen LogP contribution in [-0.2, 0) is 13.9 Å². The Bertz CT molecular complexity index is 1540. The molecule has 1 aliphatic heterocycles. The number of halogens is 1. The second kappa shape index (κ2) is 9.29. The largest absolute Gasteiger partial charge is 0.388 e. The molecule has 0 saturated carbocycles. The van der Waals surface area contributed by atoms with Crippen LogP contribution in [0.15, 0.2) is 42.9 Å². The molecule has 0 radical (unpaired) electrons. The fourth-order valence-electron chi connectivity index (χ4n) is 4.38. The number of rotatable bonds is 7. The third-order valence-corrected chi connectivity index (χ3v) is 10.4. The van der Waals surface area contributed by atoms with Gasteiger partial charge in [-0.05, 0) is 35.5 Å². The van der Waals surface area contributed by atoms with Crippen molar-refractivity contribution in [2.75, 3.05) is 12.1 Å². The van der Waals surface area contributed by atoms with Crippen molar-refractivity contribution in [3.63, 3.8) is 0 Å². The summed E-state index contributed by atoms with van der Waals surface area (Å²) in [7, 11) is -8.90. The molecule has 0 bridgehead atoms. The van der Waals surface area contributed by atoms with E-state index in [1.165, 1.54) is 10.9 Å². The summed E-state index contributed by atoms with van der Waals surface area (Å²) >= 11 is 6.22. The normalized spacial score (nSPS) is 24.5. The minimum Gasteiger partial charge on any atom is -0.388 e. The minimum absolute atomic E-state index is 0.0831. The zero-order valence-electron chi connectivity index (χ0n) is 18.4. The van der Waals surface area contributed by atoms with Crippen LogP contribution >= 0.6 is 26.6 Å². The number of ether oxygens (including phenoxy) is 1. The maximum Gasteiger partial charge on any atom is 0.335 e. The molecule has 1 aliphatic rings. The molecule has 0 spiro atoms.